The fourth-order valence-electron chi connectivity index (χ4n) is 4.16. The Morgan fingerprint density at radius 3 is 2.45 bits per heavy atom. The van der Waals surface area contributed by atoms with Gasteiger partial charge in [0.25, 0.3) is 0 Å². The van der Waals surface area contributed by atoms with E-state index >= 15 is 0 Å². The molecular formula is C25H30ClNO6. The van der Waals surface area contributed by atoms with Crippen molar-refractivity contribution in [3.8, 4) is 17.2 Å². The van der Waals surface area contributed by atoms with Crippen molar-refractivity contribution in [3.63, 3.8) is 0 Å². The molecule has 1 N–H and O–H groups in total. The number of hydrogen-bond donors (Lipinski definition) is 1. The summed E-state index contributed by atoms with van der Waals surface area (Å²) in [6.45, 7) is 3.44. The first-order valence-corrected chi connectivity index (χ1v) is 11.6. The summed E-state index contributed by atoms with van der Waals surface area (Å²) in [6, 6.07) is 8.57. The van der Waals surface area contributed by atoms with Crippen molar-refractivity contribution in [2.75, 3.05) is 7.11 Å². The van der Waals surface area contributed by atoms with Gasteiger partial charge in [0.1, 0.15) is 18.0 Å². The molecule has 0 bridgehead atoms. The van der Waals surface area contributed by atoms with Gasteiger partial charge >= 0.3 is 5.97 Å². The molecule has 2 aromatic rings. The molecule has 0 saturated heterocycles. The Morgan fingerprint density at radius 2 is 1.82 bits per heavy atom. The van der Waals surface area contributed by atoms with Crippen molar-refractivity contribution in [2.45, 2.75) is 58.2 Å². The molecule has 178 valence electrons. The number of halogens is 1. The van der Waals surface area contributed by atoms with E-state index in [1.807, 2.05) is 6.92 Å². The van der Waals surface area contributed by atoms with Crippen LogP contribution in [-0.4, -0.2) is 41.2 Å². The van der Waals surface area contributed by atoms with Crippen LogP contribution in [0.4, 0.5) is 0 Å². The van der Waals surface area contributed by atoms with Gasteiger partial charge in [0, 0.05) is 23.7 Å². The van der Waals surface area contributed by atoms with Gasteiger partial charge in [0.05, 0.1) is 13.0 Å². The zero-order valence-electron chi connectivity index (χ0n) is 19.1. The van der Waals surface area contributed by atoms with E-state index in [0.717, 1.165) is 25.7 Å². The van der Waals surface area contributed by atoms with Gasteiger partial charge in [-0.25, -0.2) is 4.98 Å². The van der Waals surface area contributed by atoms with E-state index in [1.165, 1.54) is 19.4 Å². The number of carbonyl (C=O) groups excluding carboxylic acids is 2. The van der Waals surface area contributed by atoms with Gasteiger partial charge in [-0.15, -0.1) is 0 Å². The van der Waals surface area contributed by atoms with Gasteiger partial charge in [-0.05, 0) is 49.9 Å². The molecular weight excluding hydrogens is 446 g/mol. The van der Waals surface area contributed by atoms with Gasteiger partial charge < -0.3 is 19.3 Å². The molecule has 0 amide bonds. The lowest BCUT2D eigenvalue weighted by Crippen LogP contribution is -2.40. The number of hydrogen-bond acceptors (Lipinski definition) is 7. The van der Waals surface area contributed by atoms with Crippen LogP contribution in [0.2, 0.25) is 5.02 Å². The minimum absolute atomic E-state index is 0.128. The Labute approximate surface area is 199 Å². The van der Waals surface area contributed by atoms with Crippen LogP contribution in [0.25, 0.3) is 0 Å². The largest absolute Gasteiger partial charge is 0.503 e. The number of aromatic hydroxyl groups is 1. The summed E-state index contributed by atoms with van der Waals surface area (Å²) in [7, 11) is 1.39. The smallest absolute Gasteiger partial charge is 0.309 e. The van der Waals surface area contributed by atoms with Crippen LogP contribution >= 0.6 is 11.6 Å². The molecule has 7 nitrogen and oxygen atoms in total. The van der Waals surface area contributed by atoms with Crippen LogP contribution in [0.1, 0.15) is 56.4 Å². The second-order valence-electron chi connectivity index (χ2n) is 8.46. The summed E-state index contributed by atoms with van der Waals surface area (Å²) in [4.78, 5) is 29.3. The van der Waals surface area contributed by atoms with E-state index in [-0.39, 0.29) is 35.6 Å². The fourth-order valence-corrected chi connectivity index (χ4v) is 4.29. The van der Waals surface area contributed by atoms with E-state index in [1.54, 1.807) is 31.2 Å². The normalized spacial score (nSPS) is 16.6. The number of rotatable bonds is 10. The zero-order valence-corrected chi connectivity index (χ0v) is 19.9. The molecule has 1 aliphatic carbocycles. The number of aromatic nitrogens is 1. The topological polar surface area (TPSA) is 95.0 Å². The average molecular weight is 476 g/mol. The molecule has 1 aromatic carbocycles. The molecule has 1 fully saturated rings. The molecule has 1 aliphatic rings. The Hall–Kier alpha value is -2.80. The maximum absolute atomic E-state index is 12.8. The van der Waals surface area contributed by atoms with Crippen molar-refractivity contribution in [1.82, 2.24) is 4.98 Å². The van der Waals surface area contributed by atoms with Crippen LogP contribution in [0.3, 0.4) is 0 Å². The first-order valence-electron chi connectivity index (χ1n) is 11.2. The number of Topliss-reactive ketones (excluding diaryl/α,β-unsaturated/α-hetero) is 1. The SMILES string of the molecule is COc1ccnc(C(=O)C[C@@H](C)C(=O)O[C@@H](C)[C@H](Oc2ccc(Cl)cc2)C2CCCC2)c1O. The lowest BCUT2D eigenvalue weighted by Gasteiger charge is -2.30. The summed E-state index contributed by atoms with van der Waals surface area (Å²) < 4.78 is 17.0. The average Bonchev–Trinajstić information content (AvgIpc) is 3.33. The zero-order chi connectivity index (χ0) is 24.0. The number of benzene rings is 1. The minimum Gasteiger partial charge on any atom is -0.503 e. The highest BCUT2D eigenvalue weighted by Crippen LogP contribution is 2.33. The van der Waals surface area contributed by atoms with Crippen LogP contribution in [0.15, 0.2) is 36.5 Å². The van der Waals surface area contributed by atoms with Gasteiger partial charge in [-0.2, -0.15) is 0 Å². The second kappa shape index (κ2) is 11.4. The molecule has 8 heteroatoms. The highest BCUT2D eigenvalue weighted by atomic mass is 35.5. The van der Waals surface area contributed by atoms with Crippen molar-refractivity contribution in [2.24, 2.45) is 11.8 Å². The van der Waals surface area contributed by atoms with E-state index in [2.05, 4.69) is 4.98 Å². The van der Waals surface area contributed by atoms with Gasteiger partial charge in [-0.3, -0.25) is 9.59 Å². The van der Waals surface area contributed by atoms with Gasteiger partial charge in [-0.1, -0.05) is 31.4 Å². The molecule has 1 saturated carbocycles. The number of pyridine rings is 1. The monoisotopic (exact) mass is 475 g/mol. The first kappa shape index (κ1) is 24.8. The predicted octanol–water partition coefficient (Wildman–Crippen LogP) is 5.23. The van der Waals surface area contributed by atoms with Crippen molar-refractivity contribution >= 4 is 23.4 Å². The van der Waals surface area contributed by atoms with Crippen molar-refractivity contribution in [1.29, 1.82) is 0 Å². The number of methoxy groups -OCH3 is 1. The Bertz CT molecular complexity index is 958. The molecule has 3 atom stereocenters. The van der Waals surface area contributed by atoms with Gasteiger partial charge in [0.15, 0.2) is 23.0 Å². The molecule has 0 radical (unpaired) electrons. The van der Waals surface area contributed by atoms with Crippen molar-refractivity contribution < 1.29 is 28.9 Å². The Morgan fingerprint density at radius 1 is 1.15 bits per heavy atom. The summed E-state index contributed by atoms with van der Waals surface area (Å²) in [5, 5.41) is 10.8. The van der Waals surface area contributed by atoms with Gasteiger partial charge in [0.2, 0.25) is 0 Å². The Balaban J connectivity index is 1.64. The number of esters is 1. The second-order valence-corrected chi connectivity index (χ2v) is 8.90. The number of ketones is 1. The third kappa shape index (κ3) is 6.38. The lowest BCUT2D eigenvalue weighted by molar-refractivity contribution is -0.158. The third-order valence-corrected chi connectivity index (χ3v) is 6.23. The predicted molar refractivity (Wildman–Crippen MR) is 124 cm³/mol. The summed E-state index contributed by atoms with van der Waals surface area (Å²) in [5.74, 6) is -0.922. The van der Waals surface area contributed by atoms with Crippen LogP contribution in [0, 0.1) is 11.8 Å². The molecule has 0 spiro atoms. The molecule has 1 heterocycles. The molecule has 33 heavy (non-hydrogen) atoms. The van der Waals surface area contributed by atoms with E-state index in [0.29, 0.717) is 10.8 Å². The number of ether oxygens (including phenoxy) is 3. The van der Waals surface area contributed by atoms with E-state index in [9.17, 15) is 14.7 Å². The Kier molecular flexibility index (Phi) is 8.55. The highest BCUT2D eigenvalue weighted by molar-refractivity contribution is 6.30. The van der Waals surface area contributed by atoms with Crippen LogP contribution in [0.5, 0.6) is 17.2 Å². The van der Waals surface area contributed by atoms with Crippen LogP contribution < -0.4 is 9.47 Å². The fraction of sp³-hybridized carbons (Fsp3) is 0.480. The van der Waals surface area contributed by atoms with Crippen LogP contribution in [-0.2, 0) is 9.53 Å². The van der Waals surface area contributed by atoms with Crippen molar-refractivity contribution in [3.05, 3.63) is 47.2 Å². The summed E-state index contributed by atoms with van der Waals surface area (Å²) >= 11 is 5.97. The number of nitrogens with zero attached hydrogens (tertiary/aromatic N) is 1. The summed E-state index contributed by atoms with van der Waals surface area (Å²) in [6.07, 6.45) is 4.68. The molecule has 1 aromatic heterocycles. The third-order valence-electron chi connectivity index (χ3n) is 5.98. The number of carbonyl (C=O) groups is 2. The van der Waals surface area contributed by atoms with E-state index in [4.69, 9.17) is 25.8 Å². The molecule has 0 unspecified atom stereocenters. The molecule has 0 aliphatic heterocycles. The summed E-state index contributed by atoms with van der Waals surface area (Å²) in [5.41, 5.74) is -0.128. The standard InChI is InChI=1S/C25H30ClNO6/c1-15(14-20(28)22-23(29)21(31-3)12-13-27-22)25(30)32-16(2)24(17-6-4-5-7-17)33-19-10-8-18(26)9-11-19/h8-13,15-17,24,29H,4-7,14H2,1-3H3/t15-,16+,24+/m1/s1. The van der Waals surface area contributed by atoms with E-state index < -0.39 is 23.8 Å². The lowest BCUT2D eigenvalue weighted by atomic mass is 9.96. The molecule has 3 rings (SSSR count). The maximum Gasteiger partial charge on any atom is 0.309 e. The highest BCUT2D eigenvalue weighted by Gasteiger charge is 2.34. The maximum atomic E-state index is 12.8. The first-order chi connectivity index (χ1) is 15.8. The minimum atomic E-state index is -0.716. The quantitative estimate of drug-likeness (QED) is 0.371.